The zero-order valence-corrected chi connectivity index (χ0v) is 14.8. The van der Waals surface area contributed by atoms with Crippen molar-refractivity contribution in [1.82, 2.24) is 0 Å². The predicted molar refractivity (Wildman–Crippen MR) is 99.2 cm³/mol. The molecular weight excluding hydrogens is 338 g/mol. The number of rotatable bonds is 5. The SMILES string of the molecule is NC(C1CCCc2cc(O)c(Cl)cc2C1)[C@H](O)COc1ccccc1. The van der Waals surface area contributed by atoms with Gasteiger partial charge in [0.2, 0.25) is 0 Å². The molecule has 2 unspecified atom stereocenters. The Balaban J connectivity index is 1.64. The highest BCUT2D eigenvalue weighted by molar-refractivity contribution is 6.32. The van der Waals surface area contributed by atoms with Crippen molar-refractivity contribution in [3.8, 4) is 11.5 Å². The second-order valence-electron chi connectivity index (χ2n) is 6.70. The third-order valence-electron chi connectivity index (χ3n) is 4.92. The molecule has 0 spiro atoms. The Morgan fingerprint density at radius 1 is 1.20 bits per heavy atom. The molecule has 0 radical (unpaired) electrons. The van der Waals surface area contributed by atoms with Crippen molar-refractivity contribution in [1.29, 1.82) is 0 Å². The summed E-state index contributed by atoms with van der Waals surface area (Å²) in [5, 5.41) is 20.6. The number of hydrogen-bond acceptors (Lipinski definition) is 4. The third kappa shape index (κ3) is 4.46. The number of nitrogens with two attached hydrogens (primary N) is 1. The molecule has 2 aromatic rings. The second kappa shape index (κ2) is 8.09. The number of fused-ring (bicyclic) bond motifs is 1. The van der Waals surface area contributed by atoms with Crippen LogP contribution in [0.15, 0.2) is 42.5 Å². The summed E-state index contributed by atoms with van der Waals surface area (Å²) in [6.45, 7) is 0.171. The van der Waals surface area contributed by atoms with Crippen LogP contribution in [0.3, 0.4) is 0 Å². The molecule has 0 fully saturated rings. The van der Waals surface area contributed by atoms with Gasteiger partial charge in [0.05, 0.1) is 5.02 Å². The lowest BCUT2D eigenvalue weighted by molar-refractivity contribution is 0.0645. The van der Waals surface area contributed by atoms with E-state index in [-0.39, 0.29) is 24.3 Å². The van der Waals surface area contributed by atoms with Crippen molar-refractivity contribution in [2.45, 2.75) is 37.8 Å². The minimum Gasteiger partial charge on any atom is -0.506 e. The van der Waals surface area contributed by atoms with E-state index in [0.29, 0.717) is 5.02 Å². The van der Waals surface area contributed by atoms with Gasteiger partial charge in [0, 0.05) is 6.04 Å². The second-order valence-corrected chi connectivity index (χ2v) is 7.10. The van der Waals surface area contributed by atoms with Gasteiger partial charge in [-0.15, -0.1) is 0 Å². The van der Waals surface area contributed by atoms with E-state index in [1.807, 2.05) is 36.4 Å². The number of aliphatic hydroxyl groups is 1. The molecule has 2 aromatic carbocycles. The lowest BCUT2D eigenvalue weighted by Crippen LogP contribution is -2.45. The Morgan fingerprint density at radius 2 is 1.96 bits per heavy atom. The summed E-state index contributed by atoms with van der Waals surface area (Å²) in [4.78, 5) is 0. The molecule has 0 saturated heterocycles. The van der Waals surface area contributed by atoms with E-state index < -0.39 is 6.10 Å². The highest BCUT2D eigenvalue weighted by Gasteiger charge is 2.28. The van der Waals surface area contributed by atoms with Gasteiger partial charge in [0.15, 0.2) is 0 Å². The molecule has 5 heteroatoms. The smallest absolute Gasteiger partial charge is 0.134 e. The van der Waals surface area contributed by atoms with Gasteiger partial charge >= 0.3 is 0 Å². The molecule has 4 N–H and O–H groups in total. The molecule has 1 aliphatic carbocycles. The summed E-state index contributed by atoms with van der Waals surface area (Å²) in [6, 6.07) is 12.6. The summed E-state index contributed by atoms with van der Waals surface area (Å²) < 4.78 is 5.63. The summed E-state index contributed by atoms with van der Waals surface area (Å²) >= 11 is 6.06. The summed E-state index contributed by atoms with van der Waals surface area (Å²) in [5.41, 5.74) is 8.56. The van der Waals surface area contributed by atoms with Gasteiger partial charge in [-0.05, 0) is 67.0 Å². The maximum Gasteiger partial charge on any atom is 0.134 e. The van der Waals surface area contributed by atoms with Crippen LogP contribution in [0, 0.1) is 5.92 Å². The molecule has 3 atom stereocenters. The Morgan fingerprint density at radius 3 is 2.72 bits per heavy atom. The molecule has 25 heavy (non-hydrogen) atoms. The average molecular weight is 362 g/mol. The zero-order valence-electron chi connectivity index (χ0n) is 14.1. The first kappa shape index (κ1) is 18.1. The summed E-state index contributed by atoms with van der Waals surface area (Å²) in [7, 11) is 0. The number of hydrogen-bond donors (Lipinski definition) is 3. The third-order valence-corrected chi connectivity index (χ3v) is 5.23. The topological polar surface area (TPSA) is 75.7 Å². The van der Waals surface area contributed by atoms with Crippen LogP contribution in [0.4, 0.5) is 0 Å². The van der Waals surface area contributed by atoms with Crippen LogP contribution < -0.4 is 10.5 Å². The Labute approximate surface area is 153 Å². The van der Waals surface area contributed by atoms with E-state index in [0.717, 1.165) is 42.6 Å². The van der Waals surface area contributed by atoms with E-state index in [1.165, 1.54) is 0 Å². The van der Waals surface area contributed by atoms with Crippen molar-refractivity contribution in [3.05, 3.63) is 58.6 Å². The van der Waals surface area contributed by atoms with Crippen LogP contribution in [-0.4, -0.2) is 29.0 Å². The number of para-hydroxylation sites is 1. The minimum atomic E-state index is -0.737. The average Bonchev–Trinajstić information content (AvgIpc) is 2.82. The van der Waals surface area contributed by atoms with Crippen molar-refractivity contribution >= 4 is 11.6 Å². The predicted octanol–water partition coefficient (Wildman–Crippen LogP) is 3.31. The fraction of sp³-hybridized carbons (Fsp3) is 0.400. The quantitative estimate of drug-likeness (QED) is 0.714. The molecule has 4 nitrogen and oxygen atoms in total. The van der Waals surface area contributed by atoms with Gasteiger partial charge in [-0.3, -0.25) is 0 Å². The monoisotopic (exact) mass is 361 g/mol. The number of phenolic OH excluding ortho intramolecular Hbond substituents is 1. The summed E-state index contributed by atoms with van der Waals surface area (Å²) in [6.07, 6.45) is 2.80. The lowest BCUT2D eigenvalue weighted by atomic mass is 9.87. The molecule has 0 bridgehead atoms. The van der Waals surface area contributed by atoms with Gasteiger partial charge in [-0.2, -0.15) is 0 Å². The number of phenols is 1. The Bertz CT molecular complexity index is 708. The van der Waals surface area contributed by atoms with E-state index in [9.17, 15) is 10.2 Å². The van der Waals surface area contributed by atoms with Crippen molar-refractivity contribution in [3.63, 3.8) is 0 Å². The minimum absolute atomic E-state index is 0.125. The van der Waals surface area contributed by atoms with E-state index in [2.05, 4.69) is 0 Å². The highest BCUT2D eigenvalue weighted by atomic mass is 35.5. The highest BCUT2D eigenvalue weighted by Crippen LogP contribution is 2.33. The number of benzene rings is 2. The molecule has 134 valence electrons. The van der Waals surface area contributed by atoms with Crippen LogP contribution >= 0.6 is 11.6 Å². The van der Waals surface area contributed by atoms with Crippen LogP contribution in [-0.2, 0) is 12.8 Å². The van der Waals surface area contributed by atoms with E-state index in [1.54, 1.807) is 6.07 Å². The largest absolute Gasteiger partial charge is 0.506 e. The zero-order chi connectivity index (χ0) is 17.8. The Hall–Kier alpha value is -1.75. The first-order chi connectivity index (χ1) is 12.0. The van der Waals surface area contributed by atoms with E-state index in [4.69, 9.17) is 22.1 Å². The fourth-order valence-electron chi connectivity index (χ4n) is 3.46. The number of aliphatic hydroxyl groups excluding tert-OH is 1. The maximum absolute atomic E-state index is 10.5. The van der Waals surface area contributed by atoms with Crippen LogP contribution in [0.5, 0.6) is 11.5 Å². The standard InChI is InChI=1S/C20H24ClNO3/c21-17-10-15-9-14(6-4-5-13(15)11-18(17)23)20(22)19(24)12-25-16-7-2-1-3-8-16/h1-3,7-8,10-11,14,19-20,23-24H,4-6,9,12,22H2/t14?,19-,20?/m1/s1. The molecule has 0 aromatic heterocycles. The van der Waals surface area contributed by atoms with Crippen molar-refractivity contribution in [2.24, 2.45) is 11.7 Å². The number of aromatic hydroxyl groups is 1. The molecule has 0 aliphatic heterocycles. The molecule has 3 rings (SSSR count). The van der Waals surface area contributed by atoms with E-state index >= 15 is 0 Å². The van der Waals surface area contributed by atoms with Crippen molar-refractivity contribution in [2.75, 3.05) is 6.61 Å². The van der Waals surface area contributed by atoms with Crippen LogP contribution in [0.25, 0.3) is 0 Å². The first-order valence-corrected chi connectivity index (χ1v) is 9.04. The van der Waals surface area contributed by atoms with Gasteiger partial charge < -0.3 is 20.7 Å². The van der Waals surface area contributed by atoms with Gasteiger partial charge in [-0.25, -0.2) is 0 Å². The molecular formula is C20H24ClNO3. The van der Waals surface area contributed by atoms with Gasteiger partial charge in [0.1, 0.15) is 24.2 Å². The normalized spacial score (nSPS) is 19.6. The van der Waals surface area contributed by atoms with Crippen LogP contribution in [0.1, 0.15) is 24.0 Å². The first-order valence-electron chi connectivity index (χ1n) is 8.66. The van der Waals surface area contributed by atoms with Gasteiger partial charge in [-0.1, -0.05) is 29.8 Å². The summed E-state index contributed by atoms with van der Waals surface area (Å²) in [5.74, 6) is 0.998. The maximum atomic E-state index is 10.5. The lowest BCUT2D eigenvalue weighted by Gasteiger charge is -2.27. The fourth-order valence-corrected chi connectivity index (χ4v) is 3.65. The number of aryl methyl sites for hydroxylation is 1. The van der Waals surface area contributed by atoms with Crippen molar-refractivity contribution < 1.29 is 14.9 Å². The molecule has 0 heterocycles. The van der Waals surface area contributed by atoms with Crippen LogP contribution in [0.2, 0.25) is 5.02 Å². The molecule has 0 saturated carbocycles. The molecule has 1 aliphatic rings. The molecule has 0 amide bonds. The number of ether oxygens (including phenoxy) is 1. The van der Waals surface area contributed by atoms with Gasteiger partial charge in [0.25, 0.3) is 0 Å². The number of halogens is 1. The Kier molecular flexibility index (Phi) is 5.84.